The third-order valence-corrected chi connectivity index (χ3v) is 6.58. The number of rotatable bonds is 7. The highest BCUT2D eigenvalue weighted by Crippen LogP contribution is 2.29. The van der Waals surface area contributed by atoms with Gasteiger partial charge in [0.25, 0.3) is 0 Å². The third-order valence-electron chi connectivity index (χ3n) is 5.65. The maximum Gasteiger partial charge on any atom is 0.196 e. The van der Waals surface area contributed by atoms with Crippen LogP contribution in [0.3, 0.4) is 0 Å². The Bertz CT molecular complexity index is 1250. The number of thioether (sulfide) groups is 1. The van der Waals surface area contributed by atoms with Gasteiger partial charge >= 0.3 is 0 Å². The van der Waals surface area contributed by atoms with Crippen LogP contribution in [0.4, 0.5) is 0 Å². The first-order valence-electron chi connectivity index (χ1n) is 10.7. The van der Waals surface area contributed by atoms with Gasteiger partial charge in [-0.3, -0.25) is 14.3 Å². The summed E-state index contributed by atoms with van der Waals surface area (Å²) in [6.45, 7) is 8.23. The summed E-state index contributed by atoms with van der Waals surface area (Å²) in [6.07, 6.45) is 4.46. The van der Waals surface area contributed by atoms with Gasteiger partial charge in [0.05, 0.1) is 5.75 Å². The molecule has 0 amide bonds. The lowest BCUT2D eigenvalue weighted by atomic mass is 9.99. The van der Waals surface area contributed by atoms with Crippen LogP contribution in [0.5, 0.6) is 0 Å². The monoisotopic (exact) mass is 442 g/mol. The number of carbonyl (C=O) groups is 1. The zero-order valence-electron chi connectivity index (χ0n) is 18.8. The molecule has 5 nitrogen and oxygen atoms in total. The van der Waals surface area contributed by atoms with E-state index in [4.69, 9.17) is 0 Å². The van der Waals surface area contributed by atoms with Crippen molar-refractivity contribution >= 4 is 17.5 Å². The van der Waals surface area contributed by atoms with Crippen molar-refractivity contribution in [2.24, 2.45) is 0 Å². The van der Waals surface area contributed by atoms with Crippen LogP contribution in [0.15, 0.2) is 66.1 Å². The summed E-state index contributed by atoms with van der Waals surface area (Å²) in [6, 6.07) is 16.3. The van der Waals surface area contributed by atoms with E-state index in [0.29, 0.717) is 10.9 Å². The highest BCUT2D eigenvalue weighted by molar-refractivity contribution is 7.99. The van der Waals surface area contributed by atoms with Crippen molar-refractivity contribution < 1.29 is 4.79 Å². The molecule has 4 aromatic rings. The van der Waals surface area contributed by atoms with Gasteiger partial charge < -0.3 is 0 Å². The molecule has 0 bridgehead atoms. The smallest absolute Gasteiger partial charge is 0.196 e. The van der Waals surface area contributed by atoms with Crippen molar-refractivity contribution in [2.75, 3.05) is 5.75 Å². The van der Waals surface area contributed by atoms with Crippen molar-refractivity contribution in [3.05, 3.63) is 88.7 Å². The Morgan fingerprint density at radius 3 is 2.28 bits per heavy atom. The van der Waals surface area contributed by atoms with Gasteiger partial charge in [-0.25, -0.2) is 0 Å². The van der Waals surface area contributed by atoms with Gasteiger partial charge in [0, 0.05) is 29.2 Å². The summed E-state index contributed by atoms with van der Waals surface area (Å²) in [5.74, 6) is 1.12. The maximum absolute atomic E-state index is 13.0. The van der Waals surface area contributed by atoms with E-state index in [-0.39, 0.29) is 5.78 Å². The fourth-order valence-electron chi connectivity index (χ4n) is 3.63. The Hall–Kier alpha value is -3.25. The molecule has 0 N–H and O–H groups in total. The summed E-state index contributed by atoms with van der Waals surface area (Å²) in [4.78, 5) is 17.1. The highest BCUT2D eigenvalue weighted by Gasteiger charge is 2.18. The highest BCUT2D eigenvalue weighted by atomic mass is 32.2. The van der Waals surface area contributed by atoms with Gasteiger partial charge in [0.2, 0.25) is 0 Å². The summed E-state index contributed by atoms with van der Waals surface area (Å²) in [5.41, 5.74) is 7.27. The standard InChI is InChI=1S/C26H26N4OS/c1-5-20-6-8-22(9-7-20)30-25(21-10-12-27-13-11-21)28-29-26(30)32-16-24(31)23-15-18(3)17(2)14-19(23)4/h6-15H,5,16H2,1-4H3. The van der Waals surface area contributed by atoms with Gasteiger partial charge in [-0.2, -0.15) is 0 Å². The minimum atomic E-state index is 0.0944. The third kappa shape index (κ3) is 4.50. The van der Waals surface area contributed by atoms with Crippen LogP contribution < -0.4 is 0 Å². The van der Waals surface area contributed by atoms with Crippen molar-refractivity contribution in [3.63, 3.8) is 0 Å². The Morgan fingerprint density at radius 1 is 0.906 bits per heavy atom. The second-order valence-electron chi connectivity index (χ2n) is 7.86. The second kappa shape index (κ2) is 9.49. The molecule has 6 heteroatoms. The lowest BCUT2D eigenvalue weighted by Gasteiger charge is -2.12. The second-order valence-corrected chi connectivity index (χ2v) is 8.80. The zero-order valence-corrected chi connectivity index (χ0v) is 19.6. The molecule has 0 fully saturated rings. The minimum Gasteiger partial charge on any atom is -0.293 e. The van der Waals surface area contributed by atoms with Crippen LogP contribution in [0.1, 0.15) is 39.5 Å². The van der Waals surface area contributed by atoms with E-state index < -0.39 is 0 Å². The van der Waals surface area contributed by atoms with E-state index in [1.807, 2.05) is 36.6 Å². The van der Waals surface area contributed by atoms with E-state index >= 15 is 0 Å². The number of hydrogen-bond acceptors (Lipinski definition) is 5. The number of ketones is 1. The Morgan fingerprint density at radius 2 is 1.59 bits per heavy atom. The van der Waals surface area contributed by atoms with Crippen LogP contribution >= 0.6 is 11.8 Å². The van der Waals surface area contributed by atoms with E-state index in [9.17, 15) is 4.79 Å². The molecule has 0 aliphatic carbocycles. The fourth-order valence-corrected chi connectivity index (χ4v) is 4.47. The SMILES string of the molecule is CCc1ccc(-n2c(SCC(=O)c3cc(C)c(C)cc3C)nnc2-c2ccncc2)cc1. The molecule has 2 heterocycles. The predicted molar refractivity (Wildman–Crippen MR) is 130 cm³/mol. The van der Waals surface area contributed by atoms with Crippen molar-refractivity contribution in [1.29, 1.82) is 0 Å². The predicted octanol–water partition coefficient (Wildman–Crippen LogP) is 5.79. The first kappa shape index (κ1) is 22.0. The van der Waals surface area contributed by atoms with Crippen molar-refractivity contribution in [1.82, 2.24) is 19.7 Å². The number of nitrogens with zero attached hydrogens (tertiary/aromatic N) is 4. The average Bonchev–Trinajstić information content (AvgIpc) is 3.24. The number of pyridine rings is 1. The lowest BCUT2D eigenvalue weighted by molar-refractivity contribution is 0.102. The first-order valence-corrected chi connectivity index (χ1v) is 11.7. The summed E-state index contributed by atoms with van der Waals surface area (Å²) < 4.78 is 2.01. The number of aryl methyl sites for hydroxylation is 4. The van der Waals surface area contributed by atoms with Gasteiger partial charge in [-0.05, 0) is 79.8 Å². The number of benzene rings is 2. The molecule has 4 rings (SSSR count). The van der Waals surface area contributed by atoms with E-state index in [0.717, 1.165) is 40.2 Å². The molecule has 2 aromatic carbocycles. The maximum atomic E-state index is 13.0. The van der Waals surface area contributed by atoms with Gasteiger partial charge in [0.1, 0.15) is 0 Å². The van der Waals surface area contributed by atoms with E-state index in [1.165, 1.54) is 22.9 Å². The van der Waals surface area contributed by atoms with Gasteiger partial charge in [-0.1, -0.05) is 36.9 Å². The normalized spacial score (nSPS) is 11.0. The summed E-state index contributed by atoms with van der Waals surface area (Å²) in [7, 11) is 0. The molecule has 0 unspecified atom stereocenters. The van der Waals surface area contributed by atoms with Gasteiger partial charge in [-0.15, -0.1) is 10.2 Å². The Balaban J connectivity index is 1.67. The van der Waals surface area contributed by atoms with Crippen LogP contribution in [0.25, 0.3) is 17.1 Å². The molecule has 0 saturated heterocycles. The average molecular weight is 443 g/mol. The molecule has 0 radical (unpaired) electrons. The molecule has 0 atom stereocenters. The van der Waals surface area contributed by atoms with Crippen LogP contribution in [0.2, 0.25) is 0 Å². The van der Waals surface area contributed by atoms with Crippen LogP contribution in [0, 0.1) is 20.8 Å². The Labute approximate surface area is 192 Å². The molecule has 0 spiro atoms. The number of Topliss-reactive ketones (excluding diaryl/α,β-unsaturated/α-hetero) is 1. The summed E-state index contributed by atoms with van der Waals surface area (Å²) in [5, 5.41) is 9.58. The van der Waals surface area contributed by atoms with Crippen LogP contribution in [-0.2, 0) is 6.42 Å². The number of carbonyl (C=O) groups excluding carboxylic acids is 1. The molecule has 0 aliphatic heterocycles. The fraction of sp³-hybridized carbons (Fsp3) is 0.231. The molecular weight excluding hydrogens is 416 g/mol. The minimum absolute atomic E-state index is 0.0944. The Kier molecular flexibility index (Phi) is 6.51. The quantitative estimate of drug-likeness (QED) is 0.268. The van der Waals surface area contributed by atoms with Gasteiger partial charge in [0.15, 0.2) is 16.8 Å². The van der Waals surface area contributed by atoms with E-state index in [1.54, 1.807) is 12.4 Å². The number of hydrogen-bond donors (Lipinski definition) is 0. The lowest BCUT2D eigenvalue weighted by Crippen LogP contribution is -2.07. The first-order chi connectivity index (χ1) is 15.5. The molecular formula is C26H26N4OS. The topological polar surface area (TPSA) is 60.7 Å². The molecule has 2 aromatic heterocycles. The zero-order chi connectivity index (χ0) is 22.7. The van der Waals surface area contributed by atoms with E-state index in [2.05, 4.69) is 59.4 Å². The molecule has 0 aliphatic rings. The summed E-state index contributed by atoms with van der Waals surface area (Å²) >= 11 is 1.41. The molecule has 162 valence electrons. The van der Waals surface area contributed by atoms with Crippen molar-refractivity contribution in [3.8, 4) is 17.1 Å². The van der Waals surface area contributed by atoms with Crippen LogP contribution in [-0.4, -0.2) is 31.3 Å². The van der Waals surface area contributed by atoms with Crippen molar-refractivity contribution in [2.45, 2.75) is 39.3 Å². The largest absolute Gasteiger partial charge is 0.293 e. The molecule has 32 heavy (non-hydrogen) atoms. The molecule has 0 saturated carbocycles. The number of aromatic nitrogens is 4.